The molecule has 0 bridgehead atoms. The van der Waals surface area contributed by atoms with Crippen LogP contribution in [0, 0.1) is 0 Å². The molecule has 15 heavy (non-hydrogen) atoms. The fourth-order valence-electron chi connectivity index (χ4n) is 1.20. The Morgan fingerprint density at radius 1 is 1.40 bits per heavy atom. The molecule has 0 aliphatic heterocycles. The third-order valence-corrected chi connectivity index (χ3v) is 2.90. The zero-order valence-electron chi connectivity index (χ0n) is 8.09. The van der Waals surface area contributed by atoms with Crippen molar-refractivity contribution in [3.05, 3.63) is 34.1 Å². The molecule has 0 aromatic carbocycles. The molecule has 0 N–H and O–H groups in total. The Bertz CT molecular complexity index is 431. The Morgan fingerprint density at radius 2 is 2.20 bits per heavy atom. The molecule has 0 unspecified atom stereocenters. The van der Waals surface area contributed by atoms with Gasteiger partial charge in [0, 0.05) is 30.5 Å². The first-order valence-corrected chi connectivity index (χ1v) is 5.58. The molecule has 2 aromatic heterocycles. The average Bonchev–Trinajstić information content (AvgIpc) is 2.71. The highest BCUT2D eigenvalue weighted by molar-refractivity contribution is 7.09. The summed E-state index contributed by atoms with van der Waals surface area (Å²) in [4.78, 5) is 15.3. The quantitative estimate of drug-likeness (QED) is 0.825. The predicted molar refractivity (Wildman–Crippen MR) is 61.3 cm³/mol. The van der Waals surface area contributed by atoms with Crippen molar-refractivity contribution < 1.29 is 0 Å². The maximum absolute atomic E-state index is 5.93. The van der Waals surface area contributed by atoms with Crippen molar-refractivity contribution in [2.24, 2.45) is 0 Å². The molecule has 2 heterocycles. The van der Waals surface area contributed by atoms with E-state index in [1.807, 2.05) is 18.1 Å². The second kappa shape index (κ2) is 4.55. The summed E-state index contributed by atoms with van der Waals surface area (Å²) < 4.78 is 0. The van der Waals surface area contributed by atoms with Crippen molar-refractivity contribution in [1.82, 2.24) is 15.0 Å². The SMILES string of the molecule is CN(Cc1cncs1)c1nccnc1Cl. The molecule has 0 aliphatic carbocycles. The van der Waals surface area contributed by atoms with Crippen LogP contribution in [-0.4, -0.2) is 22.0 Å². The van der Waals surface area contributed by atoms with Crippen LogP contribution in [0.2, 0.25) is 5.15 Å². The first-order chi connectivity index (χ1) is 7.27. The second-order valence-electron chi connectivity index (χ2n) is 2.99. The van der Waals surface area contributed by atoms with Crippen LogP contribution >= 0.6 is 22.9 Å². The number of halogens is 1. The van der Waals surface area contributed by atoms with Gasteiger partial charge in [-0.15, -0.1) is 11.3 Å². The minimum Gasteiger partial charge on any atom is -0.352 e. The number of thiazole rings is 1. The highest BCUT2D eigenvalue weighted by atomic mass is 35.5. The minimum absolute atomic E-state index is 0.421. The zero-order valence-corrected chi connectivity index (χ0v) is 9.66. The molecule has 0 saturated heterocycles. The topological polar surface area (TPSA) is 41.9 Å². The fraction of sp³-hybridized carbons (Fsp3) is 0.222. The van der Waals surface area contributed by atoms with Gasteiger partial charge in [0.25, 0.3) is 0 Å². The van der Waals surface area contributed by atoms with E-state index in [9.17, 15) is 0 Å². The molecular weight excluding hydrogens is 232 g/mol. The van der Waals surface area contributed by atoms with Crippen molar-refractivity contribution in [2.75, 3.05) is 11.9 Å². The van der Waals surface area contributed by atoms with Gasteiger partial charge in [-0.1, -0.05) is 11.6 Å². The van der Waals surface area contributed by atoms with Crippen molar-refractivity contribution >= 4 is 28.8 Å². The summed E-state index contributed by atoms with van der Waals surface area (Å²) >= 11 is 7.54. The molecule has 2 rings (SSSR count). The molecule has 0 aliphatic rings. The van der Waals surface area contributed by atoms with E-state index in [0.29, 0.717) is 11.0 Å². The Labute approximate surface area is 96.6 Å². The summed E-state index contributed by atoms with van der Waals surface area (Å²) in [5.41, 5.74) is 1.81. The van der Waals surface area contributed by atoms with Crippen LogP contribution < -0.4 is 4.90 Å². The molecule has 0 radical (unpaired) electrons. The number of hydrogen-bond donors (Lipinski definition) is 0. The highest BCUT2D eigenvalue weighted by Crippen LogP contribution is 2.20. The molecule has 0 spiro atoms. The van der Waals surface area contributed by atoms with Crippen molar-refractivity contribution in [3.63, 3.8) is 0 Å². The molecule has 0 fully saturated rings. The van der Waals surface area contributed by atoms with E-state index < -0.39 is 0 Å². The first-order valence-electron chi connectivity index (χ1n) is 4.32. The van der Waals surface area contributed by atoms with E-state index in [0.717, 1.165) is 6.54 Å². The maximum Gasteiger partial charge on any atom is 0.171 e. The number of nitrogens with zero attached hydrogens (tertiary/aromatic N) is 4. The van der Waals surface area contributed by atoms with Gasteiger partial charge < -0.3 is 4.90 Å². The summed E-state index contributed by atoms with van der Waals surface area (Å²) in [7, 11) is 1.93. The normalized spacial score (nSPS) is 10.3. The molecular formula is C9H9ClN4S. The Kier molecular flexibility index (Phi) is 3.13. The standard InChI is InChI=1S/C9H9ClN4S/c1-14(5-7-4-11-6-15-7)9-8(10)12-2-3-13-9/h2-4,6H,5H2,1H3. The number of hydrogen-bond acceptors (Lipinski definition) is 5. The molecule has 4 nitrogen and oxygen atoms in total. The monoisotopic (exact) mass is 240 g/mol. The average molecular weight is 241 g/mol. The maximum atomic E-state index is 5.93. The number of aromatic nitrogens is 3. The number of anilines is 1. The van der Waals surface area contributed by atoms with E-state index in [-0.39, 0.29) is 0 Å². The fourth-order valence-corrected chi connectivity index (χ4v) is 2.10. The van der Waals surface area contributed by atoms with Gasteiger partial charge >= 0.3 is 0 Å². The van der Waals surface area contributed by atoms with Crippen molar-refractivity contribution in [1.29, 1.82) is 0 Å². The van der Waals surface area contributed by atoms with Gasteiger partial charge in [0.2, 0.25) is 0 Å². The van der Waals surface area contributed by atoms with E-state index in [1.165, 1.54) is 4.88 Å². The van der Waals surface area contributed by atoms with Crippen LogP contribution in [-0.2, 0) is 6.54 Å². The lowest BCUT2D eigenvalue weighted by Crippen LogP contribution is -2.17. The summed E-state index contributed by atoms with van der Waals surface area (Å²) in [6.07, 6.45) is 5.04. The van der Waals surface area contributed by atoms with Gasteiger partial charge in [0.1, 0.15) is 0 Å². The summed E-state index contributed by atoms with van der Waals surface area (Å²) in [6, 6.07) is 0. The van der Waals surface area contributed by atoms with Crippen LogP contribution in [0.15, 0.2) is 24.1 Å². The first kappa shape index (κ1) is 10.3. The minimum atomic E-state index is 0.421. The predicted octanol–water partition coefficient (Wildman–Crippen LogP) is 2.22. The van der Waals surface area contributed by atoms with E-state index in [1.54, 1.807) is 29.2 Å². The van der Waals surface area contributed by atoms with Crippen LogP contribution in [0.1, 0.15) is 4.88 Å². The second-order valence-corrected chi connectivity index (χ2v) is 4.32. The summed E-state index contributed by atoms with van der Waals surface area (Å²) in [5.74, 6) is 0.688. The zero-order chi connectivity index (χ0) is 10.7. The van der Waals surface area contributed by atoms with Gasteiger partial charge in [-0.3, -0.25) is 4.98 Å². The number of rotatable bonds is 3. The van der Waals surface area contributed by atoms with E-state index in [4.69, 9.17) is 11.6 Å². The highest BCUT2D eigenvalue weighted by Gasteiger charge is 2.08. The third-order valence-electron chi connectivity index (χ3n) is 1.87. The lowest BCUT2D eigenvalue weighted by atomic mass is 10.4. The van der Waals surface area contributed by atoms with Gasteiger partial charge in [-0.05, 0) is 0 Å². The third kappa shape index (κ3) is 2.43. The molecule has 0 atom stereocenters. The van der Waals surface area contributed by atoms with Gasteiger partial charge in [-0.2, -0.15) is 0 Å². The Balaban J connectivity index is 2.15. The van der Waals surface area contributed by atoms with E-state index >= 15 is 0 Å². The van der Waals surface area contributed by atoms with Crippen molar-refractivity contribution in [3.8, 4) is 0 Å². The van der Waals surface area contributed by atoms with Gasteiger partial charge in [0.05, 0.1) is 12.1 Å². The Hall–Kier alpha value is -1.20. The lowest BCUT2D eigenvalue weighted by Gasteiger charge is -2.16. The van der Waals surface area contributed by atoms with Gasteiger partial charge in [0.15, 0.2) is 11.0 Å². The van der Waals surface area contributed by atoms with Crippen molar-refractivity contribution in [2.45, 2.75) is 6.54 Å². The molecule has 6 heteroatoms. The van der Waals surface area contributed by atoms with Gasteiger partial charge in [-0.25, -0.2) is 9.97 Å². The summed E-state index contributed by atoms with van der Waals surface area (Å²) in [5, 5.41) is 0.421. The Morgan fingerprint density at radius 3 is 2.87 bits per heavy atom. The van der Waals surface area contributed by atoms with Crippen LogP contribution in [0.3, 0.4) is 0 Å². The van der Waals surface area contributed by atoms with Crippen LogP contribution in [0.4, 0.5) is 5.82 Å². The summed E-state index contributed by atoms with van der Waals surface area (Å²) in [6.45, 7) is 0.739. The molecule has 78 valence electrons. The van der Waals surface area contributed by atoms with Crippen LogP contribution in [0.5, 0.6) is 0 Å². The largest absolute Gasteiger partial charge is 0.352 e. The smallest absolute Gasteiger partial charge is 0.171 e. The molecule has 0 amide bonds. The van der Waals surface area contributed by atoms with E-state index in [2.05, 4.69) is 15.0 Å². The lowest BCUT2D eigenvalue weighted by molar-refractivity contribution is 0.901. The van der Waals surface area contributed by atoms with Crippen LogP contribution in [0.25, 0.3) is 0 Å². The molecule has 0 saturated carbocycles. The molecule has 2 aromatic rings.